The monoisotopic (exact) mass is 516 g/mol. The lowest BCUT2D eigenvalue weighted by molar-refractivity contribution is -0.119. The van der Waals surface area contributed by atoms with E-state index in [4.69, 9.17) is 18.9 Å². The fourth-order valence-corrected chi connectivity index (χ4v) is 5.48. The summed E-state index contributed by atoms with van der Waals surface area (Å²) in [5.41, 5.74) is 3.67. The number of methoxy groups -OCH3 is 2. The van der Waals surface area contributed by atoms with E-state index in [1.807, 2.05) is 49.1 Å². The average molecular weight is 517 g/mol. The Morgan fingerprint density at radius 2 is 1.66 bits per heavy atom. The maximum absolute atomic E-state index is 14.1. The standard InChI is InChI=1S/C30H32N2O6/c1-5-37-25-15-18-13-14-32-28(22(18)17-26(25)38-6-2)27(20-9-7-8-10-21(20)30(32)34)29(33)31-23-16-19(35-3)11-12-24(23)36-4/h7-12,15-17,27-28H,5-6,13-14H2,1-4H3,(H,31,33)/t27-,28-/m1/s1. The first-order chi connectivity index (χ1) is 18.5. The quantitative estimate of drug-likeness (QED) is 0.455. The second-order valence-corrected chi connectivity index (χ2v) is 9.18. The molecule has 1 N–H and O–H groups in total. The van der Waals surface area contributed by atoms with Gasteiger partial charge in [-0.05, 0) is 67.3 Å². The average Bonchev–Trinajstić information content (AvgIpc) is 2.93. The summed E-state index contributed by atoms with van der Waals surface area (Å²) in [7, 11) is 3.12. The van der Waals surface area contributed by atoms with E-state index in [9.17, 15) is 9.59 Å². The number of hydrogen-bond acceptors (Lipinski definition) is 6. The molecule has 2 aliphatic rings. The van der Waals surface area contributed by atoms with E-state index in [1.54, 1.807) is 38.5 Å². The second-order valence-electron chi connectivity index (χ2n) is 9.18. The highest BCUT2D eigenvalue weighted by Gasteiger charge is 2.46. The van der Waals surface area contributed by atoms with Crippen molar-refractivity contribution in [1.82, 2.24) is 4.90 Å². The number of amides is 2. The van der Waals surface area contributed by atoms with Crippen molar-refractivity contribution in [1.29, 1.82) is 0 Å². The van der Waals surface area contributed by atoms with Crippen LogP contribution >= 0.6 is 0 Å². The first-order valence-electron chi connectivity index (χ1n) is 12.9. The van der Waals surface area contributed by atoms with Gasteiger partial charge in [0.25, 0.3) is 5.91 Å². The first-order valence-corrected chi connectivity index (χ1v) is 12.9. The third-order valence-corrected chi connectivity index (χ3v) is 7.13. The van der Waals surface area contributed by atoms with E-state index in [2.05, 4.69) is 5.32 Å². The Morgan fingerprint density at radius 3 is 2.37 bits per heavy atom. The summed E-state index contributed by atoms with van der Waals surface area (Å²) in [5, 5.41) is 3.06. The highest BCUT2D eigenvalue weighted by molar-refractivity contribution is 6.05. The fourth-order valence-electron chi connectivity index (χ4n) is 5.48. The minimum atomic E-state index is -0.661. The van der Waals surface area contributed by atoms with Crippen molar-refractivity contribution >= 4 is 17.5 Å². The van der Waals surface area contributed by atoms with Crippen LogP contribution < -0.4 is 24.3 Å². The van der Waals surface area contributed by atoms with Crippen LogP contribution in [-0.4, -0.2) is 50.7 Å². The van der Waals surface area contributed by atoms with Gasteiger partial charge >= 0.3 is 0 Å². The van der Waals surface area contributed by atoms with Gasteiger partial charge in [-0.15, -0.1) is 0 Å². The van der Waals surface area contributed by atoms with Gasteiger partial charge in [0.1, 0.15) is 11.5 Å². The Morgan fingerprint density at radius 1 is 0.921 bits per heavy atom. The molecule has 3 aromatic carbocycles. The van der Waals surface area contributed by atoms with E-state index < -0.39 is 12.0 Å². The van der Waals surface area contributed by atoms with Crippen molar-refractivity contribution in [3.8, 4) is 23.0 Å². The highest BCUT2D eigenvalue weighted by Crippen LogP contribution is 2.49. The van der Waals surface area contributed by atoms with Gasteiger partial charge in [-0.2, -0.15) is 0 Å². The fraction of sp³-hybridized carbons (Fsp3) is 0.333. The normalized spacial score (nSPS) is 17.6. The molecule has 38 heavy (non-hydrogen) atoms. The Labute approximate surface area is 222 Å². The number of carbonyl (C=O) groups is 2. The molecule has 2 amide bonds. The van der Waals surface area contributed by atoms with Crippen LogP contribution in [0.15, 0.2) is 54.6 Å². The van der Waals surface area contributed by atoms with Gasteiger partial charge in [0.2, 0.25) is 5.91 Å². The molecular formula is C30H32N2O6. The SMILES string of the molecule is CCOc1cc2c(cc1OCC)[C@@H]1[C@H](C(=O)Nc3cc(OC)ccc3OC)c3ccccc3C(=O)N1CC2. The molecule has 8 heteroatoms. The number of ether oxygens (including phenoxy) is 4. The van der Waals surface area contributed by atoms with E-state index in [0.29, 0.717) is 66.0 Å². The van der Waals surface area contributed by atoms with Crippen LogP contribution in [0.5, 0.6) is 23.0 Å². The molecule has 0 saturated heterocycles. The predicted molar refractivity (Wildman–Crippen MR) is 144 cm³/mol. The van der Waals surface area contributed by atoms with Crippen molar-refractivity contribution < 1.29 is 28.5 Å². The minimum Gasteiger partial charge on any atom is -0.497 e. The lowest BCUT2D eigenvalue weighted by Gasteiger charge is -2.45. The maximum Gasteiger partial charge on any atom is 0.254 e. The van der Waals surface area contributed by atoms with Gasteiger partial charge in [-0.25, -0.2) is 0 Å². The largest absolute Gasteiger partial charge is 0.497 e. The van der Waals surface area contributed by atoms with Gasteiger partial charge in [-0.3, -0.25) is 9.59 Å². The molecule has 0 aromatic heterocycles. The topological polar surface area (TPSA) is 86.3 Å². The highest BCUT2D eigenvalue weighted by atomic mass is 16.5. The van der Waals surface area contributed by atoms with E-state index in [1.165, 1.54) is 0 Å². The van der Waals surface area contributed by atoms with Crippen molar-refractivity contribution in [2.45, 2.75) is 32.2 Å². The molecule has 3 aromatic rings. The summed E-state index contributed by atoms with van der Waals surface area (Å²) in [6.07, 6.45) is 0.657. The van der Waals surface area contributed by atoms with Crippen molar-refractivity contribution in [3.05, 3.63) is 76.9 Å². The molecule has 0 spiro atoms. The van der Waals surface area contributed by atoms with Gasteiger partial charge in [-0.1, -0.05) is 18.2 Å². The third kappa shape index (κ3) is 4.40. The van der Waals surface area contributed by atoms with Gasteiger partial charge in [0.15, 0.2) is 11.5 Å². The number of nitrogens with one attached hydrogen (secondary N) is 1. The number of hydrogen-bond donors (Lipinski definition) is 1. The van der Waals surface area contributed by atoms with Crippen molar-refractivity contribution in [3.63, 3.8) is 0 Å². The lowest BCUT2D eigenvalue weighted by atomic mass is 9.75. The van der Waals surface area contributed by atoms with Gasteiger partial charge in [0, 0.05) is 18.2 Å². The van der Waals surface area contributed by atoms with Crippen LogP contribution in [0, 0.1) is 0 Å². The molecule has 0 unspecified atom stereocenters. The first kappa shape index (κ1) is 25.4. The van der Waals surface area contributed by atoms with E-state index in [0.717, 1.165) is 11.1 Å². The van der Waals surface area contributed by atoms with Gasteiger partial charge in [0.05, 0.1) is 45.1 Å². The summed E-state index contributed by atoms with van der Waals surface area (Å²) < 4.78 is 22.6. The molecule has 0 radical (unpaired) electrons. The van der Waals surface area contributed by atoms with Gasteiger partial charge < -0.3 is 29.2 Å². The molecule has 198 valence electrons. The van der Waals surface area contributed by atoms with Crippen LogP contribution in [0.25, 0.3) is 0 Å². The molecule has 0 aliphatic carbocycles. The number of fused-ring (bicyclic) bond motifs is 4. The van der Waals surface area contributed by atoms with Crippen LogP contribution in [-0.2, 0) is 11.2 Å². The van der Waals surface area contributed by atoms with Crippen LogP contribution in [0.4, 0.5) is 5.69 Å². The van der Waals surface area contributed by atoms with Crippen LogP contribution in [0.3, 0.4) is 0 Å². The zero-order valence-electron chi connectivity index (χ0n) is 22.1. The number of anilines is 1. The molecule has 0 fully saturated rings. The van der Waals surface area contributed by atoms with E-state index >= 15 is 0 Å². The number of benzene rings is 3. The Kier molecular flexibility index (Phi) is 7.13. The summed E-state index contributed by atoms with van der Waals surface area (Å²) in [6.45, 7) is 5.32. The van der Waals surface area contributed by atoms with Crippen molar-refractivity contribution in [2.24, 2.45) is 0 Å². The summed E-state index contributed by atoms with van der Waals surface area (Å²) in [5.74, 6) is 1.40. The number of rotatable bonds is 8. The molecule has 0 bridgehead atoms. The molecule has 5 rings (SSSR count). The second kappa shape index (κ2) is 10.7. The number of nitrogens with zero attached hydrogens (tertiary/aromatic N) is 1. The zero-order valence-corrected chi connectivity index (χ0v) is 22.1. The molecule has 2 aliphatic heterocycles. The Hall–Kier alpha value is -4.20. The Bertz CT molecular complexity index is 1370. The van der Waals surface area contributed by atoms with Crippen LogP contribution in [0.1, 0.15) is 52.9 Å². The molecule has 8 nitrogen and oxygen atoms in total. The summed E-state index contributed by atoms with van der Waals surface area (Å²) in [4.78, 5) is 29.6. The smallest absolute Gasteiger partial charge is 0.254 e. The van der Waals surface area contributed by atoms with Crippen LogP contribution in [0.2, 0.25) is 0 Å². The van der Waals surface area contributed by atoms with Crippen molar-refractivity contribution in [2.75, 3.05) is 39.3 Å². The van der Waals surface area contributed by atoms with E-state index in [-0.39, 0.29) is 11.8 Å². The maximum atomic E-state index is 14.1. The molecule has 2 heterocycles. The summed E-state index contributed by atoms with van der Waals surface area (Å²) >= 11 is 0. The summed E-state index contributed by atoms with van der Waals surface area (Å²) in [6, 6.07) is 16.0. The predicted octanol–water partition coefficient (Wildman–Crippen LogP) is 4.98. The minimum absolute atomic E-state index is 0.0777. The third-order valence-electron chi connectivity index (χ3n) is 7.13. The number of carbonyl (C=O) groups excluding carboxylic acids is 2. The lowest BCUT2D eigenvalue weighted by Crippen LogP contribution is -2.49. The molecule has 2 atom stereocenters. The molecule has 0 saturated carbocycles. The molecular weight excluding hydrogens is 484 g/mol. The zero-order chi connectivity index (χ0) is 26.8. The Balaban J connectivity index is 1.64.